The Hall–Kier alpha value is -2.16. The molecule has 2 aromatic carbocycles. The summed E-state index contributed by atoms with van der Waals surface area (Å²) in [7, 11) is 0. The van der Waals surface area contributed by atoms with Crippen LogP contribution in [0.25, 0.3) is 0 Å². The van der Waals surface area contributed by atoms with Gasteiger partial charge in [0.15, 0.2) is 5.78 Å². The van der Waals surface area contributed by atoms with Crippen LogP contribution in [0, 0.1) is 5.82 Å². The molecule has 0 N–H and O–H groups in total. The third kappa shape index (κ3) is 2.36. The highest BCUT2D eigenvalue weighted by Crippen LogP contribution is 2.28. The Kier molecular flexibility index (Phi) is 3.03. The molecule has 0 saturated carbocycles. The van der Waals surface area contributed by atoms with Gasteiger partial charge in [0.2, 0.25) is 0 Å². The molecule has 0 atom stereocenters. The summed E-state index contributed by atoms with van der Waals surface area (Å²) in [6.45, 7) is 1.08. The summed E-state index contributed by atoms with van der Waals surface area (Å²) in [6.07, 6.45) is 0.873. The van der Waals surface area contributed by atoms with Crippen molar-refractivity contribution in [1.29, 1.82) is 0 Å². The molecule has 2 aromatic rings. The number of rotatable bonds is 3. The first-order valence-electron chi connectivity index (χ1n) is 6.35. The van der Waals surface area contributed by atoms with Crippen LogP contribution in [-0.2, 0) is 6.42 Å². The maximum absolute atomic E-state index is 13.3. The van der Waals surface area contributed by atoms with E-state index in [9.17, 15) is 9.18 Å². The van der Waals surface area contributed by atoms with Crippen LogP contribution in [0.2, 0.25) is 0 Å². The van der Waals surface area contributed by atoms with E-state index in [0.717, 1.165) is 24.2 Å². The van der Waals surface area contributed by atoms with Crippen molar-refractivity contribution in [3.05, 3.63) is 65.5 Å². The van der Waals surface area contributed by atoms with Gasteiger partial charge >= 0.3 is 0 Å². The molecule has 1 aliphatic heterocycles. The highest BCUT2D eigenvalue weighted by atomic mass is 19.1. The molecule has 2 nitrogen and oxygen atoms in total. The second-order valence-electron chi connectivity index (χ2n) is 4.73. The molecule has 19 heavy (non-hydrogen) atoms. The second kappa shape index (κ2) is 4.84. The molecular weight excluding hydrogens is 241 g/mol. The number of hydrogen-bond acceptors (Lipinski definition) is 2. The van der Waals surface area contributed by atoms with Gasteiger partial charge in [-0.15, -0.1) is 0 Å². The summed E-state index contributed by atoms with van der Waals surface area (Å²) in [6, 6.07) is 14.0. The smallest absolute Gasteiger partial charge is 0.182 e. The van der Waals surface area contributed by atoms with E-state index in [0.29, 0.717) is 12.1 Å². The number of benzene rings is 2. The van der Waals surface area contributed by atoms with E-state index >= 15 is 0 Å². The summed E-state index contributed by atoms with van der Waals surface area (Å²) in [5, 5.41) is 0. The van der Waals surface area contributed by atoms with Crippen molar-refractivity contribution in [2.75, 3.05) is 18.0 Å². The molecule has 0 aromatic heterocycles. The van der Waals surface area contributed by atoms with Gasteiger partial charge in [-0.1, -0.05) is 36.4 Å². The van der Waals surface area contributed by atoms with Gasteiger partial charge in [0.1, 0.15) is 5.82 Å². The molecule has 1 heterocycles. The zero-order chi connectivity index (χ0) is 13.2. The standard InChI is InChI=1S/C16H14FNO/c17-14-7-6-12-8-9-18(15(12)10-14)11-16(19)13-4-2-1-3-5-13/h1-7,10H,8-9,11H2. The molecule has 3 rings (SSSR count). The van der Waals surface area contributed by atoms with Gasteiger partial charge in [-0.2, -0.15) is 0 Å². The lowest BCUT2D eigenvalue weighted by Crippen LogP contribution is -2.28. The Bertz CT molecular complexity index is 609. The minimum atomic E-state index is -0.252. The maximum atomic E-state index is 13.3. The highest BCUT2D eigenvalue weighted by molar-refractivity contribution is 5.99. The number of halogens is 1. The number of nitrogens with zero attached hydrogens (tertiary/aromatic N) is 1. The maximum Gasteiger partial charge on any atom is 0.182 e. The lowest BCUT2D eigenvalue weighted by molar-refractivity contribution is 0.0999. The Balaban J connectivity index is 1.80. The van der Waals surface area contributed by atoms with Crippen LogP contribution in [-0.4, -0.2) is 18.9 Å². The second-order valence-corrected chi connectivity index (χ2v) is 4.73. The summed E-state index contributed by atoms with van der Waals surface area (Å²) in [5.41, 5.74) is 2.67. The van der Waals surface area contributed by atoms with E-state index in [1.54, 1.807) is 6.07 Å². The fourth-order valence-corrected chi connectivity index (χ4v) is 2.47. The Labute approximate surface area is 111 Å². The monoisotopic (exact) mass is 255 g/mol. The van der Waals surface area contributed by atoms with E-state index in [4.69, 9.17) is 0 Å². The molecule has 0 radical (unpaired) electrons. The lowest BCUT2D eigenvalue weighted by atomic mass is 10.1. The van der Waals surface area contributed by atoms with Crippen LogP contribution in [0.1, 0.15) is 15.9 Å². The van der Waals surface area contributed by atoms with E-state index in [1.807, 2.05) is 35.2 Å². The molecule has 0 aliphatic carbocycles. The number of anilines is 1. The van der Waals surface area contributed by atoms with Gasteiger partial charge in [0.25, 0.3) is 0 Å². The topological polar surface area (TPSA) is 20.3 Å². The Morgan fingerprint density at radius 1 is 1.16 bits per heavy atom. The molecule has 1 aliphatic rings. The number of carbonyl (C=O) groups excluding carboxylic acids is 1. The van der Waals surface area contributed by atoms with Crippen molar-refractivity contribution in [3.8, 4) is 0 Å². The van der Waals surface area contributed by atoms with Gasteiger partial charge in [-0.3, -0.25) is 4.79 Å². The molecule has 0 fully saturated rings. The van der Waals surface area contributed by atoms with Gasteiger partial charge in [0.05, 0.1) is 6.54 Å². The average Bonchev–Trinajstić information content (AvgIpc) is 2.82. The van der Waals surface area contributed by atoms with Gasteiger partial charge < -0.3 is 4.90 Å². The summed E-state index contributed by atoms with van der Waals surface area (Å²) in [4.78, 5) is 14.1. The van der Waals surface area contributed by atoms with E-state index in [1.165, 1.54) is 12.1 Å². The van der Waals surface area contributed by atoms with Crippen LogP contribution >= 0.6 is 0 Å². The molecule has 0 spiro atoms. The van der Waals surface area contributed by atoms with E-state index < -0.39 is 0 Å². The average molecular weight is 255 g/mol. The zero-order valence-electron chi connectivity index (χ0n) is 10.5. The molecule has 0 saturated heterocycles. The molecule has 0 amide bonds. The van der Waals surface area contributed by atoms with Crippen LogP contribution in [0.15, 0.2) is 48.5 Å². The lowest BCUT2D eigenvalue weighted by Gasteiger charge is -2.18. The van der Waals surface area contributed by atoms with E-state index in [2.05, 4.69) is 0 Å². The molecule has 96 valence electrons. The summed E-state index contributed by atoms with van der Waals surface area (Å²) < 4.78 is 13.3. The number of Topliss-reactive ketones (excluding diaryl/α,β-unsaturated/α-hetero) is 1. The van der Waals surface area contributed by atoms with Crippen molar-refractivity contribution in [2.45, 2.75) is 6.42 Å². The van der Waals surface area contributed by atoms with Crippen molar-refractivity contribution >= 4 is 11.5 Å². The van der Waals surface area contributed by atoms with Crippen molar-refractivity contribution in [2.24, 2.45) is 0 Å². The fraction of sp³-hybridized carbons (Fsp3) is 0.188. The van der Waals surface area contributed by atoms with Crippen molar-refractivity contribution in [3.63, 3.8) is 0 Å². The minimum absolute atomic E-state index is 0.0673. The first-order valence-corrected chi connectivity index (χ1v) is 6.35. The van der Waals surface area contributed by atoms with Gasteiger partial charge in [-0.05, 0) is 24.1 Å². The number of fused-ring (bicyclic) bond motifs is 1. The van der Waals surface area contributed by atoms with Crippen LogP contribution in [0.3, 0.4) is 0 Å². The molecule has 0 unspecified atom stereocenters. The summed E-state index contributed by atoms with van der Waals surface area (Å²) >= 11 is 0. The minimum Gasteiger partial charge on any atom is -0.363 e. The SMILES string of the molecule is O=C(CN1CCc2ccc(F)cc21)c1ccccc1. The van der Waals surface area contributed by atoms with Crippen LogP contribution in [0.4, 0.5) is 10.1 Å². The van der Waals surface area contributed by atoms with Gasteiger partial charge in [0, 0.05) is 17.8 Å². The van der Waals surface area contributed by atoms with E-state index in [-0.39, 0.29) is 11.6 Å². The number of hydrogen-bond donors (Lipinski definition) is 0. The highest BCUT2D eigenvalue weighted by Gasteiger charge is 2.21. The first kappa shape index (κ1) is 11.9. The zero-order valence-corrected chi connectivity index (χ0v) is 10.5. The number of carbonyl (C=O) groups is 1. The van der Waals surface area contributed by atoms with Gasteiger partial charge in [-0.25, -0.2) is 4.39 Å². The Morgan fingerprint density at radius 3 is 2.74 bits per heavy atom. The molecule has 3 heteroatoms. The normalized spacial score (nSPS) is 13.4. The fourth-order valence-electron chi connectivity index (χ4n) is 2.47. The largest absolute Gasteiger partial charge is 0.363 e. The number of ketones is 1. The van der Waals surface area contributed by atoms with Crippen molar-refractivity contribution < 1.29 is 9.18 Å². The quantitative estimate of drug-likeness (QED) is 0.786. The molecule has 0 bridgehead atoms. The van der Waals surface area contributed by atoms with Crippen LogP contribution in [0.5, 0.6) is 0 Å². The predicted octanol–water partition coefficient (Wildman–Crippen LogP) is 3.07. The third-order valence-corrected chi connectivity index (χ3v) is 3.47. The molecular formula is C16H14FNO. The van der Waals surface area contributed by atoms with Crippen molar-refractivity contribution in [1.82, 2.24) is 0 Å². The summed E-state index contributed by atoms with van der Waals surface area (Å²) in [5.74, 6) is -0.185. The Morgan fingerprint density at radius 2 is 1.95 bits per heavy atom. The predicted molar refractivity (Wildman–Crippen MR) is 73.1 cm³/mol. The third-order valence-electron chi connectivity index (χ3n) is 3.47. The first-order chi connectivity index (χ1) is 9.24. The van der Waals surface area contributed by atoms with Crippen LogP contribution < -0.4 is 4.90 Å².